The predicted molar refractivity (Wildman–Crippen MR) is 106 cm³/mol. The van der Waals surface area contributed by atoms with E-state index in [4.69, 9.17) is 4.42 Å². The summed E-state index contributed by atoms with van der Waals surface area (Å²) in [6.45, 7) is 1.35. The Kier molecular flexibility index (Phi) is 5.42. The Bertz CT molecular complexity index is 940. The van der Waals surface area contributed by atoms with Gasteiger partial charge < -0.3 is 14.6 Å². The van der Waals surface area contributed by atoms with Gasteiger partial charge in [-0.05, 0) is 43.2 Å². The molecule has 1 aliphatic rings. The van der Waals surface area contributed by atoms with Crippen molar-refractivity contribution in [1.29, 1.82) is 0 Å². The zero-order chi connectivity index (χ0) is 19.2. The van der Waals surface area contributed by atoms with Gasteiger partial charge in [0.05, 0.1) is 12.0 Å². The molecule has 0 saturated carbocycles. The molecule has 0 radical (unpaired) electrons. The molecular formula is C21H21N5O2. The van der Waals surface area contributed by atoms with Crippen LogP contribution in [0, 0.1) is 0 Å². The number of likely N-dealkylation sites (tertiary alicyclic amines) is 1. The number of carbonyl (C=O) groups is 1. The minimum Gasteiger partial charge on any atom is -0.465 e. The van der Waals surface area contributed by atoms with Gasteiger partial charge in [0.25, 0.3) is 0 Å². The molecule has 1 amide bonds. The smallest absolute Gasteiger partial charge is 0.246 e. The average molecular weight is 375 g/mol. The number of hydrogen-bond donors (Lipinski definition) is 1. The van der Waals surface area contributed by atoms with Gasteiger partial charge in [0, 0.05) is 43.7 Å². The molecule has 3 aromatic rings. The van der Waals surface area contributed by atoms with Crippen molar-refractivity contribution >= 4 is 23.6 Å². The lowest BCUT2D eigenvalue weighted by molar-refractivity contribution is -0.127. The van der Waals surface area contributed by atoms with E-state index in [-0.39, 0.29) is 11.8 Å². The quantitative estimate of drug-likeness (QED) is 0.686. The maximum Gasteiger partial charge on any atom is 0.246 e. The molecule has 4 heterocycles. The lowest BCUT2D eigenvalue weighted by Crippen LogP contribution is -2.38. The first-order valence-corrected chi connectivity index (χ1v) is 9.29. The van der Waals surface area contributed by atoms with Crippen LogP contribution in [0.3, 0.4) is 0 Å². The summed E-state index contributed by atoms with van der Waals surface area (Å²) in [5.41, 5.74) is 0.862. The van der Waals surface area contributed by atoms with Crippen LogP contribution in [0.25, 0.3) is 6.08 Å². The number of anilines is 2. The number of piperidine rings is 1. The predicted octanol–water partition coefficient (Wildman–Crippen LogP) is 3.63. The van der Waals surface area contributed by atoms with Crippen molar-refractivity contribution < 1.29 is 9.21 Å². The topological polar surface area (TPSA) is 84.2 Å². The van der Waals surface area contributed by atoms with Crippen molar-refractivity contribution in [2.24, 2.45) is 0 Å². The van der Waals surface area contributed by atoms with Crippen LogP contribution in [0.15, 0.2) is 65.7 Å². The number of furan rings is 1. The van der Waals surface area contributed by atoms with Gasteiger partial charge in [0.15, 0.2) is 5.82 Å². The third kappa shape index (κ3) is 4.25. The van der Waals surface area contributed by atoms with E-state index in [0.717, 1.165) is 30.9 Å². The molecule has 7 nitrogen and oxygen atoms in total. The fourth-order valence-electron chi connectivity index (χ4n) is 3.35. The number of aromatic nitrogens is 3. The number of rotatable bonds is 5. The van der Waals surface area contributed by atoms with Gasteiger partial charge in [-0.15, -0.1) is 0 Å². The van der Waals surface area contributed by atoms with Gasteiger partial charge in [-0.1, -0.05) is 6.07 Å². The summed E-state index contributed by atoms with van der Waals surface area (Å²) in [4.78, 5) is 27.7. The summed E-state index contributed by atoms with van der Waals surface area (Å²) in [5.74, 6) is 2.16. The highest BCUT2D eigenvalue weighted by Crippen LogP contribution is 2.30. The molecule has 3 aromatic heterocycles. The Morgan fingerprint density at radius 1 is 1.14 bits per heavy atom. The molecule has 1 unspecified atom stereocenters. The van der Waals surface area contributed by atoms with Crippen molar-refractivity contribution in [3.8, 4) is 0 Å². The number of pyridine rings is 1. The molecule has 0 aliphatic carbocycles. The van der Waals surface area contributed by atoms with Crippen LogP contribution in [0.2, 0.25) is 0 Å². The fourth-order valence-corrected chi connectivity index (χ4v) is 3.35. The van der Waals surface area contributed by atoms with Gasteiger partial charge in [-0.2, -0.15) is 0 Å². The lowest BCUT2D eigenvalue weighted by Gasteiger charge is -2.32. The fraction of sp³-hybridized carbons (Fsp3) is 0.238. The maximum atomic E-state index is 12.6. The normalized spacial score (nSPS) is 17.0. The Labute approximate surface area is 163 Å². The van der Waals surface area contributed by atoms with Crippen LogP contribution in [0.4, 0.5) is 11.6 Å². The lowest BCUT2D eigenvalue weighted by atomic mass is 9.94. The van der Waals surface area contributed by atoms with Crippen LogP contribution in [0.5, 0.6) is 0 Å². The Morgan fingerprint density at radius 3 is 2.89 bits per heavy atom. The van der Waals surface area contributed by atoms with Gasteiger partial charge in [0.2, 0.25) is 5.91 Å². The molecule has 1 fully saturated rings. The van der Waals surface area contributed by atoms with Gasteiger partial charge >= 0.3 is 0 Å². The molecule has 1 saturated heterocycles. The molecule has 28 heavy (non-hydrogen) atoms. The standard InChI is InChI=1S/C21H21N5O2/c27-19(9-8-17-6-4-14-28-17)26-13-3-5-16(15-26)20-21(24-12-11-23-20)25-18-7-1-2-10-22-18/h1-2,4,6-12,14,16H,3,5,13,15H2,(H,22,24,25)/b9-8+. The molecule has 7 heteroatoms. The summed E-state index contributed by atoms with van der Waals surface area (Å²) in [6, 6.07) is 9.28. The van der Waals surface area contributed by atoms with Gasteiger partial charge in [-0.3, -0.25) is 9.78 Å². The van der Waals surface area contributed by atoms with Crippen molar-refractivity contribution in [2.75, 3.05) is 18.4 Å². The Morgan fingerprint density at radius 2 is 2.07 bits per heavy atom. The maximum absolute atomic E-state index is 12.6. The van der Waals surface area contributed by atoms with Crippen molar-refractivity contribution in [3.05, 3.63) is 72.7 Å². The van der Waals surface area contributed by atoms with E-state index in [0.29, 0.717) is 18.1 Å². The van der Waals surface area contributed by atoms with E-state index >= 15 is 0 Å². The second-order valence-electron chi connectivity index (χ2n) is 6.60. The number of carbonyl (C=O) groups excluding carboxylic acids is 1. The number of nitrogens with zero attached hydrogens (tertiary/aromatic N) is 4. The first-order chi connectivity index (χ1) is 13.8. The second-order valence-corrected chi connectivity index (χ2v) is 6.60. The monoisotopic (exact) mass is 375 g/mol. The zero-order valence-corrected chi connectivity index (χ0v) is 15.4. The minimum absolute atomic E-state index is 0.0239. The molecule has 1 N–H and O–H groups in total. The van der Waals surface area contributed by atoms with E-state index in [2.05, 4.69) is 20.3 Å². The summed E-state index contributed by atoms with van der Waals surface area (Å²) in [5, 5.41) is 3.24. The van der Waals surface area contributed by atoms with Crippen molar-refractivity contribution in [2.45, 2.75) is 18.8 Å². The first-order valence-electron chi connectivity index (χ1n) is 9.29. The molecule has 0 bridgehead atoms. The van der Waals surface area contributed by atoms with Crippen LogP contribution < -0.4 is 5.32 Å². The van der Waals surface area contributed by atoms with E-state index in [1.165, 1.54) is 0 Å². The molecular weight excluding hydrogens is 354 g/mol. The summed E-state index contributed by atoms with van der Waals surface area (Å²) in [6.07, 6.45) is 11.8. The molecule has 0 aromatic carbocycles. The van der Waals surface area contributed by atoms with E-state index < -0.39 is 0 Å². The van der Waals surface area contributed by atoms with Crippen LogP contribution in [0.1, 0.15) is 30.2 Å². The van der Waals surface area contributed by atoms with Gasteiger partial charge in [0.1, 0.15) is 11.6 Å². The van der Waals surface area contributed by atoms with Crippen molar-refractivity contribution in [1.82, 2.24) is 19.9 Å². The molecule has 142 valence electrons. The Hall–Kier alpha value is -3.48. The highest BCUT2D eigenvalue weighted by atomic mass is 16.3. The average Bonchev–Trinajstić information content (AvgIpc) is 3.27. The highest BCUT2D eigenvalue weighted by molar-refractivity contribution is 5.91. The summed E-state index contributed by atoms with van der Waals surface area (Å²) < 4.78 is 5.24. The van der Waals surface area contributed by atoms with E-state index in [9.17, 15) is 4.79 Å². The third-order valence-electron chi connectivity index (χ3n) is 4.69. The minimum atomic E-state index is -0.0239. The number of hydrogen-bond acceptors (Lipinski definition) is 6. The zero-order valence-electron chi connectivity index (χ0n) is 15.4. The first kappa shape index (κ1) is 17.9. The van der Waals surface area contributed by atoms with Gasteiger partial charge in [-0.25, -0.2) is 9.97 Å². The molecule has 1 aliphatic heterocycles. The molecule has 1 atom stereocenters. The largest absolute Gasteiger partial charge is 0.465 e. The summed E-state index contributed by atoms with van der Waals surface area (Å²) in [7, 11) is 0. The highest BCUT2D eigenvalue weighted by Gasteiger charge is 2.27. The van der Waals surface area contributed by atoms with Crippen LogP contribution in [-0.4, -0.2) is 38.8 Å². The third-order valence-corrected chi connectivity index (χ3v) is 4.69. The number of amides is 1. The SMILES string of the molecule is O=C(/C=C/c1ccco1)N1CCCC(c2nccnc2Nc2ccccn2)C1. The number of nitrogens with one attached hydrogen (secondary N) is 1. The van der Waals surface area contributed by atoms with E-state index in [1.54, 1.807) is 43.1 Å². The van der Waals surface area contributed by atoms with Crippen molar-refractivity contribution in [3.63, 3.8) is 0 Å². The van der Waals surface area contributed by atoms with E-state index in [1.807, 2.05) is 29.2 Å². The van der Waals surface area contributed by atoms with Crippen LogP contribution >= 0.6 is 0 Å². The Balaban J connectivity index is 1.48. The molecule has 4 rings (SSSR count). The summed E-state index contributed by atoms with van der Waals surface area (Å²) >= 11 is 0. The second kappa shape index (κ2) is 8.47. The van der Waals surface area contributed by atoms with Crippen LogP contribution in [-0.2, 0) is 4.79 Å². The molecule has 0 spiro atoms.